The standard InChI is InChI=1S/C15H14ClNO4S/c1-21-12-5-3-4-11(9-12)17-15(18)10-6-7-13(16)14(8-10)22(2,19)20/h3-9H,1-2H3,(H,17,18). The number of carbonyl (C=O) groups excluding carboxylic acids is 1. The van der Waals surface area contributed by atoms with Crippen LogP contribution in [0, 0.1) is 0 Å². The van der Waals surface area contributed by atoms with Gasteiger partial charge in [0.2, 0.25) is 0 Å². The molecule has 0 aliphatic heterocycles. The third-order valence-electron chi connectivity index (χ3n) is 2.92. The summed E-state index contributed by atoms with van der Waals surface area (Å²) in [5, 5.41) is 2.76. The minimum atomic E-state index is -3.50. The minimum Gasteiger partial charge on any atom is -0.497 e. The summed E-state index contributed by atoms with van der Waals surface area (Å²) in [5.41, 5.74) is 0.743. The molecule has 0 unspecified atom stereocenters. The van der Waals surface area contributed by atoms with Crippen LogP contribution in [0.5, 0.6) is 5.75 Å². The first-order valence-electron chi connectivity index (χ1n) is 6.26. The fourth-order valence-corrected chi connectivity index (χ4v) is 3.13. The number of sulfone groups is 1. The molecule has 2 aromatic carbocycles. The number of hydrogen-bond acceptors (Lipinski definition) is 4. The second-order valence-corrected chi connectivity index (χ2v) is 6.99. The average Bonchev–Trinajstić information content (AvgIpc) is 2.46. The van der Waals surface area contributed by atoms with E-state index >= 15 is 0 Å². The molecule has 0 heterocycles. The number of amides is 1. The summed E-state index contributed by atoms with van der Waals surface area (Å²) in [7, 11) is -1.98. The van der Waals surface area contributed by atoms with Gasteiger partial charge in [0.05, 0.1) is 17.0 Å². The molecule has 0 aromatic heterocycles. The molecule has 0 aliphatic rings. The zero-order valence-corrected chi connectivity index (χ0v) is 13.5. The maximum Gasteiger partial charge on any atom is 0.255 e. The van der Waals surface area contributed by atoms with Crippen molar-refractivity contribution in [2.45, 2.75) is 4.90 Å². The van der Waals surface area contributed by atoms with E-state index in [1.165, 1.54) is 25.3 Å². The lowest BCUT2D eigenvalue weighted by Gasteiger charge is -2.09. The van der Waals surface area contributed by atoms with Gasteiger partial charge in [-0.05, 0) is 30.3 Å². The zero-order chi connectivity index (χ0) is 16.3. The van der Waals surface area contributed by atoms with Crippen LogP contribution in [0.3, 0.4) is 0 Å². The van der Waals surface area contributed by atoms with Gasteiger partial charge in [0.15, 0.2) is 9.84 Å². The van der Waals surface area contributed by atoms with Gasteiger partial charge in [-0.15, -0.1) is 0 Å². The predicted octanol–water partition coefficient (Wildman–Crippen LogP) is 3.00. The van der Waals surface area contributed by atoms with Gasteiger partial charge >= 0.3 is 0 Å². The number of anilines is 1. The molecule has 0 spiro atoms. The van der Waals surface area contributed by atoms with Crippen molar-refractivity contribution in [2.24, 2.45) is 0 Å². The molecule has 0 radical (unpaired) electrons. The van der Waals surface area contributed by atoms with E-state index in [1.54, 1.807) is 24.3 Å². The summed E-state index contributed by atoms with van der Waals surface area (Å²) in [6.07, 6.45) is 1.04. The lowest BCUT2D eigenvalue weighted by Crippen LogP contribution is -2.13. The zero-order valence-electron chi connectivity index (χ0n) is 12.0. The van der Waals surface area contributed by atoms with Crippen molar-refractivity contribution in [2.75, 3.05) is 18.7 Å². The number of halogens is 1. The molecule has 116 valence electrons. The first-order valence-corrected chi connectivity index (χ1v) is 8.53. The predicted molar refractivity (Wildman–Crippen MR) is 85.5 cm³/mol. The highest BCUT2D eigenvalue weighted by molar-refractivity contribution is 7.90. The first-order chi connectivity index (χ1) is 10.3. The fraction of sp³-hybridized carbons (Fsp3) is 0.133. The van der Waals surface area contributed by atoms with Crippen molar-refractivity contribution >= 4 is 33.0 Å². The molecule has 0 saturated heterocycles. The topological polar surface area (TPSA) is 72.5 Å². The molecule has 0 atom stereocenters. The third-order valence-corrected chi connectivity index (χ3v) is 4.50. The second-order valence-electron chi connectivity index (χ2n) is 4.60. The Kier molecular flexibility index (Phi) is 4.73. The van der Waals surface area contributed by atoms with Crippen molar-refractivity contribution in [1.29, 1.82) is 0 Å². The van der Waals surface area contributed by atoms with Crippen LogP contribution < -0.4 is 10.1 Å². The van der Waals surface area contributed by atoms with Crippen LogP contribution in [-0.4, -0.2) is 27.7 Å². The van der Waals surface area contributed by atoms with Crippen LogP contribution >= 0.6 is 11.6 Å². The molecule has 22 heavy (non-hydrogen) atoms. The lowest BCUT2D eigenvalue weighted by molar-refractivity contribution is 0.102. The van der Waals surface area contributed by atoms with Crippen molar-refractivity contribution < 1.29 is 17.9 Å². The smallest absolute Gasteiger partial charge is 0.255 e. The summed E-state index contributed by atoms with van der Waals surface area (Å²) in [6.45, 7) is 0. The summed E-state index contributed by atoms with van der Waals surface area (Å²) in [5.74, 6) is 0.167. The maximum atomic E-state index is 12.2. The number of rotatable bonds is 4. The summed E-state index contributed by atoms with van der Waals surface area (Å²) in [4.78, 5) is 12.1. The molecule has 0 fully saturated rings. The Hall–Kier alpha value is -2.05. The molecule has 2 rings (SSSR count). The van der Waals surface area contributed by atoms with Crippen LogP contribution in [0.1, 0.15) is 10.4 Å². The van der Waals surface area contributed by atoms with Gasteiger partial charge in [-0.2, -0.15) is 0 Å². The van der Waals surface area contributed by atoms with Crippen molar-refractivity contribution in [3.63, 3.8) is 0 Å². The van der Waals surface area contributed by atoms with E-state index in [4.69, 9.17) is 16.3 Å². The normalized spacial score (nSPS) is 11.0. The Morgan fingerprint density at radius 1 is 1.18 bits per heavy atom. The number of nitrogens with one attached hydrogen (secondary N) is 1. The Bertz CT molecular complexity index is 818. The average molecular weight is 340 g/mol. The highest BCUT2D eigenvalue weighted by Crippen LogP contribution is 2.23. The van der Waals surface area contributed by atoms with Gasteiger partial charge < -0.3 is 10.1 Å². The second kappa shape index (κ2) is 6.37. The summed E-state index contributed by atoms with van der Waals surface area (Å²) >= 11 is 5.86. The van der Waals surface area contributed by atoms with Gasteiger partial charge in [-0.25, -0.2) is 8.42 Å². The summed E-state index contributed by atoms with van der Waals surface area (Å²) in [6, 6.07) is 11.0. The molecule has 2 aromatic rings. The fourth-order valence-electron chi connectivity index (χ4n) is 1.83. The maximum absolute atomic E-state index is 12.2. The number of hydrogen-bond donors (Lipinski definition) is 1. The quantitative estimate of drug-likeness (QED) is 0.929. The molecule has 0 saturated carbocycles. The molecule has 1 amide bonds. The highest BCUT2D eigenvalue weighted by Gasteiger charge is 2.16. The van der Waals surface area contributed by atoms with E-state index in [1.807, 2.05) is 0 Å². The Labute approximate surface area is 133 Å². The molecule has 0 aliphatic carbocycles. The van der Waals surface area contributed by atoms with Crippen molar-refractivity contribution in [3.05, 3.63) is 53.1 Å². The Morgan fingerprint density at radius 3 is 2.55 bits per heavy atom. The Morgan fingerprint density at radius 2 is 1.91 bits per heavy atom. The molecule has 1 N–H and O–H groups in total. The van der Waals surface area contributed by atoms with Gasteiger partial charge in [-0.3, -0.25) is 4.79 Å². The molecule has 0 bridgehead atoms. The minimum absolute atomic E-state index is 0.0764. The largest absolute Gasteiger partial charge is 0.497 e. The van der Waals surface area contributed by atoms with Gasteiger partial charge in [-0.1, -0.05) is 17.7 Å². The SMILES string of the molecule is COc1cccc(NC(=O)c2ccc(Cl)c(S(C)(=O)=O)c2)c1. The van der Waals surface area contributed by atoms with Crippen molar-refractivity contribution in [3.8, 4) is 5.75 Å². The molecule has 7 heteroatoms. The van der Waals surface area contributed by atoms with E-state index in [0.717, 1.165) is 6.26 Å². The van der Waals surface area contributed by atoms with Gasteiger partial charge in [0.1, 0.15) is 5.75 Å². The third kappa shape index (κ3) is 3.78. The first kappa shape index (κ1) is 16.3. The van der Waals surface area contributed by atoms with E-state index < -0.39 is 15.7 Å². The van der Waals surface area contributed by atoms with E-state index in [2.05, 4.69) is 5.32 Å². The number of methoxy groups -OCH3 is 1. The van der Waals surface area contributed by atoms with Crippen LogP contribution in [-0.2, 0) is 9.84 Å². The van der Waals surface area contributed by atoms with Gasteiger partial charge in [0, 0.05) is 23.6 Å². The number of benzene rings is 2. The van der Waals surface area contributed by atoms with Crippen molar-refractivity contribution in [1.82, 2.24) is 0 Å². The van der Waals surface area contributed by atoms with Crippen LogP contribution in [0.25, 0.3) is 0 Å². The van der Waals surface area contributed by atoms with Crippen LogP contribution in [0.4, 0.5) is 5.69 Å². The van der Waals surface area contributed by atoms with Crippen LogP contribution in [0.15, 0.2) is 47.4 Å². The van der Waals surface area contributed by atoms with Gasteiger partial charge in [0.25, 0.3) is 5.91 Å². The molecular weight excluding hydrogens is 326 g/mol. The van der Waals surface area contributed by atoms with Crippen LogP contribution in [0.2, 0.25) is 5.02 Å². The van der Waals surface area contributed by atoms with E-state index in [0.29, 0.717) is 11.4 Å². The monoisotopic (exact) mass is 339 g/mol. The number of ether oxygens (including phenoxy) is 1. The number of carbonyl (C=O) groups is 1. The lowest BCUT2D eigenvalue weighted by atomic mass is 10.2. The molecular formula is C15H14ClNO4S. The van der Waals surface area contributed by atoms with E-state index in [-0.39, 0.29) is 15.5 Å². The molecule has 5 nitrogen and oxygen atoms in total. The highest BCUT2D eigenvalue weighted by atomic mass is 35.5. The Balaban J connectivity index is 2.30. The summed E-state index contributed by atoms with van der Waals surface area (Å²) < 4.78 is 28.3. The van der Waals surface area contributed by atoms with E-state index in [9.17, 15) is 13.2 Å².